The molecule has 1 aromatic heterocycles. The van der Waals surface area contributed by atoms with Crippen LogP contribution in [0.3, 0.4) is 0 Å². The Balaban J connectivity index is 2.94. The fourth-order valence-corrected chi connectivity index (χ4v) is 1.50. The Bertz CT molecular complexity index is 421. The molecule has 0 saturated carbocycles. The molecule has 1 rings (SSSR count). The minimum absolute atomic E-state index is 0.0243. The second kappa shape index (κ2) is 6.35. The quantitative estimate of drug-likeness (QED) is 0.718. The number of nitrogens with one attached hydrogen (secondary N) is 1. The minimum atomic E-state index is -0.960. The van der Waals surface area contributed by atoms with Gasteiger partial charge in [0.1, 0.15) is 5.82 Å². The van der Waals surface area contributed by atoms with Gasteiger partial charge in [-0.05, 0) is 31.4 Å². The first kappa shape index (κ1) is 14.4. The van der Waals surface area contributed by atoms with Gasteiger partial charge < -0.3 is 15.5 Å². The molecule has 5 heteroatoms. The topological polar surface area (TPSA) is 82.5 Å². The number of carboxylic acid groups (broad SMARTS) is 1. The van der Waals surface area contributed by atoms with E-state index < -0.39 is 5.97 Å². The third-order valence-electron chi connectivity index (χ3n) is 3.00. The first-order valence-corrected chi connectivity index (χ1v) is 6.09. The van der Waals surface area contributed by atoms with E-state index in [-0.39, 0.29) is 24.1 Å². The molecule has 2 unspecified atom stereocenters. The molecule has 0 aliphatic carbocycles. The molecular weight excluding hydrogens is 232 g/mol. The molecule has 0 saturated heterocycles. The van der Waals surface area contributed by atoms with Gasteiger partial charge in [0.15, 0.2) is 0 Å². The number of carboxylic acids is 1. The molecule has 0 radical (unpaired) electrons. The number of hydrogen-bond donors (Lipinski definition) is 3. The minimum Gasteiger partial charge on any atom is -0.478 e. The number of aliphatic hydroxyl groups excluding tert-OH is 1. The van der Waals surface area contributed by atoms with Gasteiger partial charge in [-0.2, -0.15) is 0 Å². The summed E-state index contributed by atoms with van der Waals surface area (Å²) in [4.78, 5) is 15.3. The largest absolute Gasteiger partial charge is 0.478 e. The van der Waals surface area contributed by atoms with E-state index in [4.69, 9.17) is 10.2 Å². The lowest BCUT2D eigenvalue weighted by Crippen LogP contribution is -2.27. The third-order valence-corrected chi connectivity index (χ3v) is 3.00. The van der Waals surface area contributed by atoms with E-state index in [0.29, 0.717) is 12.2 Å². The Morgan fingerprint density at radius 1 is 1.44 bits per heavy atom. The van der Waals surface area contributed by atoms with Crippen LogP contribution in [0.2, 0.25) is 0 Å². The lowest BCUT2D eigenvalue weighted by atomic mass is 10.1. The number of aliphatic hydroxyl groups is 1. The number of rotatable bonds is 6. The molecule has 0 aliphatic heterocycles. The maximum absolute atomic E-state index is 11.0. The third kappa shape index (κ3) is 3.70. The number of aromatic carboxylic acids is 1. The zero-order valence-electron chi connectivity index (χ0n) is 11.0. The molecule has 1 heterocycles. The summed E-state index contributed by atoms with van der Waals surface area (Å²) >= 11 is 0. The summed E-state index contributed by atoms with van der Waals surface area (Å²) in [5, 5.41) is 21.2. The fourth-order valence-electron chi connectivity index (χ4n) is 1.50. The Morgan fingerprint density at radius 3 is 2.61 bits per heavy atom. The van der Waals surface area contributed by atoms with Gasteiger partial charge in [-0.15, -0.1) is 0 Å². The SMILES string of the molecule is CCc1cc(C(=O)O)cc(NC(C)C(C)CO)n1. The number of pyridine rings is 1. The summed E-state index contributed by atoms with van der Waals surface area (Å²) in [6, 6.07) is 3.12. The molecule has 5 nitrogen and oxygen atoms in total. The lowest BCUT2D eigenvalue weighted by molar-refractivity contribution is 0.0696. The number of aryl methyl sites for hydroxylation is 1. The molecule has 0 fully saturated rings. The van der Waals surface area contributed by atoms with Crippen LogP contribution < -0.4 is 5.32 Å². The maximum atomic E-state index is 11.0. The summed E-state index contributed by atoms with van der Waals surface area (Å²) < 4.78 is 0. The van der Waals surface area contributed by atoms with Crippen molar-refractivity contribution in [1.29, 1.82) is 0 Å². The molecule has 18 heavy (non-hydrogen) atoms. The number of hydrogen-bond acceptors (Lipinski definition) is 4. The predicted octanol–water partition coefficient (Wildman–Crippen LogP) is 1.77. The van der Waals surface area contributed by atoms with Crippen molar-refractivity contribution < 1.29 is 15.0 Å². The van der Waals surface area contributed by atoms with Gasteiger partial charge >= 0.3 is 5.97 Å². The smallest absolute Gasteiger partial charge is 0.335 e. The first-order chi connectivity index (χ1) is 8.47. The van der Waals surface area contributed by atoms with Crippen molar-refractivity contribution in [3.8, 4) is 0 Å². The molecule has 1 aromatic rings. The van der Waals surface area contributed by atoms with Gasteiger partial charge in [0.2, 0.25) is 0 Å². The van der Waals surface area contributed by atoms with Crippen LogP contribution in [0, 0.1) is 5.92 Å². The zero-order chi connectivity index (χ0) is 13.7. The van der Waals surface area contributed by atoms with Crippen LogP contribution in [0.15, 0.2) is 12.1 Å². The van der Waals surface area contributed by atoms with Crippen LogP contribution in [0.5, 0.6) is 0 Å². The summed E-state index contributed by atoms with van der Waals surface area (Å²) in [7, 11) is 0. The Morgan fingerprint density at radius 2 is 2.11 bits per heavy atom. The maximum Gasteiger partial charge on any atom is 0.335 e. The lowest BCUT2D eigenvalue weighted by Gasteiger charge is -2.20. The summed E-state index contributed by atoms with van der Waals surface area (Å²) in [6.45, 7) is 5.85. The summed E-state index contributed by atoms with van der Waals surface area (Å²) in [6.07, 6.45) is 0.680. The van der Waals surface area contributed by atoms with E-state index in [1.54, 1.807) is 6.07 Å². The molecular formula is C13H20N2O3. The molecule has 2 atom stereocenters. The molecule has 0 spiro atoms. The van der Waals surface area contributed by atoms with Gasteiger partial charge in [0.05, 0.1) is 5.56 Å². The number of carbonyl (C=O) groups is 1. The molecule has 0 amide bonds. The van der Waals surface area contributed by atoms with Crippen LogP contribution in [0.1, 0.15) is 36.8 Å². The molecule has 0 aromatic carbocycles. The highest BCUT2D eigenvalue weighted by Crippen LogP contribution is 2.14. The highest BCUT2D eigenvalue weighted by Gasteiger charge is 2.13. The normalized spacial score (nSPS) is 14.0. The second-order valence-corrected chi connectivity index (χ2v) is 4.48. The Hall–Kier alpha value is -1.62. The number of nitrogens with zero attached hydrogens (tertiary/aromatic N) is 1. The Labute approximate surface area is 107 Å². The van der Waals surface area contributed by atoms with Crippen molar-refractivity contribution >= 4 is 11.8 Å². The van der Waals surface area contributed by atoms with E-state index in [2.05, 4.69) is 10.3 Å². The van der Waals surface area contributed by atoms with E-state index in [1.807, 2.05) is 20.8 Å². The van der Waals surface area contributed by atoms with Gasteiger partial charge in [-0.25, -0.2) is 9.78 Å². The van der Waals surface area contributed by atoms with Gasteiger partial charge in [-0.3, -0.25) is 0 Å². The van der Waals surface area contributed by atoms with Crippen molar-refractivity contribution in [2.45, 2.75) is 33.2 Å². The molecule has 0 bridgehead atoms. The van der Waals surface area contributed by atoms with Crippen LogP contribution in [-0.4, -0.2) is 33.8 Å². The molecule has 100 valence electrons. The van der Waals surface area contributed by atoms with E-state index in [9.17, 15) is 4.79 Å². The van der Waals surface area contributed by atoms with Crippen molar-refractivity contribution in [1.82, 2.24) is 4.98 Å². The average Bonchev–Trinajstić information content (AvgIpc) is 2.36. The predicted molar refractivity (Wildman–Crippen MR) is 69.9 cm³/mol. The Kier molecular flexibility index (Phi) is 5.09. The number of aromatic nitrogens is 1. The van der Waals surface area contributed by atoms with Crippen molar-refractivity contribution in [2.24, 2.45) is 5.92 Å². The van der Waals surface area contributed by atoms with Crippen LogP contribution in [0.4, 0.5) is 5.82 Å². The zero-order valence-corrected chi connectivity index (χ0v) is 11.0. The molecule has 0 aliphatic rings. The van der Waals surface area contributed by atoms with Gasteiger partial charge in [-0.1, -0.05) is 13.8 Å². The first-order valence-electron chi connectivity index (χ1n) is 6.09. The van der Waals surface area contributed by atoms with E-state index in [0.717, 1.165) is 5.69 Å². The van der Waals surface area contributed by atoms with Gasteiger partial charge in [0, 0.05) is 18.3 Å². The highest BCUT2D eigenvalue weighted by molar-refractivity contribution is 5.88. The van der Waals surface area contributed by atoms with Crippen LogP contribution >= 0.6 is 0 Å². The van der Waals surface area contributed by atoms with Gasteiger partial charge in [0.25, 0.3) is 0 Å². The average molecular weight is 252 g/mol. The van der Waals surface area contributed by atoms with Crippen molar-refractivity contribution in [3.05, 3.63) is 23.4 Å². The van der Waals surface area contributed by atoms with E-state index >= 15 is 0 Å². The monoisotopic (exact) mass is 252 g/mol. The standard InChI is InChI=1S/C13H20N2O3/c1-4-11-5-10(13(17)18)6-12(15-11)14-9(3)8(2)7-16/h5-6,8-9,16H,4,7H2,1-3H3,(H,14,15)(H,17,18). The number of anilines is 1. The van der Waals surface area contributed by atoms with Crippen LogP contribution in [-0.2, 0) is 6.42 Å². The summed E-state index contributed by atoms with van der Waals surface area (Å²) in [5.41, 5.74) is 0.967. The van der Waals surface area contributed by atoms with Crippen molar-refractivity contribution in [2.75, 3.05) is 11.9 Å². The summed E-state index contributed by atoms with van der Waals surface area (Å²) in [5.74, 6) is -0.345. The van der Waals surface area contributed by atoms with Crippen LogP contribution in [0.25, 0.3) is 0 Å². The van der Waals surface area contributed by atoms with Crippen molar-refractivity contribution in [3.63, 3.8) is 0 Å². The van der Waals surface area contributed by atoms with E-state index in [1.165, 1.54) is 6.07 Å². The molecule has 3 N–H and O–H groups in total. The fraction of sp³-hybridized carbons (Fsp3) is 0.538. The second-order valence-electron chi connectivity index (χ2n) is 4.48. The highest BCUT2D eigenvalue weighted by atomic mass is 16.4.